The molecule has 0 bridgehead atoms. The van der Waals surface area contributed by atoms with Gasteiger partial charge in [0.15, 0.2) is 0 Å². The van der Waals surface area contributed by atoms with E-state index < -0.39 is 0 Å². The van der Waals surface area contributed by atoms with Crippen molar-refractivity contribution >= 4 is 11.1 Å². The normalized spacial score (nSPS) is 13.7. The van der Waals surface area contributed by atoms with Crippen LogP contribution in [0.4, 0.5) is 0 Å². The van der Waals surface area contributed by atoms with Crippen LogP contribution in [0.3, 0.4) is 0 Å². The Morgan fingerprint density at radius 1 is 0.826 bits per heavy atom. The number of hydrogen-bond acceptors (Lipinski definition) is 0. The maximum absolute atomic E-state index is 2.31. The van der Waals surface area contributed by atoms with Gasteiger partial charge in [0.1, 0.15) is 0 Å². The molecule has 0 unspecified atom stereocenters. The zero-order chi connectivity index (χ0) is 16.9. The minimum atomic E-state index is 0.0822. The molecule has 0 atom stereocenters. The van der Waals surface area contributed by atoms with Crippen LogP contribution in [0.1, 0.15) is 52.2 Å². The van der Waals surface area contributed by atoms with E-state index in [0.29, 0.717) is 0 Å². The van der Waals surface area contributed by atoms with Crippen LogP contribution in [-0.4, -0.2) is 0 Å². The third-order valence-electron chi connectivity index (χ3n) is 4.17. The lowest BCUT2D eigenvalue weighted by Crippen LogP contribution is -2.14. The monoisotopic (exact) mass is 304 g/mol. The quantitative estimate of drug-likeness (QED) is 0.533. The second-order valence-corrected chi connectivity index (χ2v) is 6.89. The second-order valence-electron chi connectivity index (χ2n) is 6.89. The summed E-state index contributed by atoms with van der Waals surface area (Å²) in [5.41, 5.74) is 6.93. The summed E-state index contributed by atoms with van der Waals surface area (Å²) in [6, 6.07) is 21.5. The Bertz CT molecular complexity index is 680. The summed E-state index contributed by atoms with van der Waals surface area (Å²) in [5.74, 6) is 0. The van der Waals surface area contributed by atoms with Crippen molar-refractivity contribution in [3.63, 3.8) is 0 Å². The van der Waals surface area contributed by atoms with Crippen molar-refractivity contribution in [1.82, 2.24) is 0 Å². The van der Waals surface area contributed by atoms with E-state index in [1.165, 1.54) is 27.8 Å². The summed E-state index contributed by atoms with van der Waals surface area (Å²) < 4.78 is 0. The van der Waals surface area contributed by atoms with E-state index in [0.717, 1.165) is 6.42 Å². The standard InChI is InChI=1S/C23H28/c1-6-20(18-14-10-8-11-15-18)22(23(3,4)5)21(7-2)19-16-12-9-13-17-19/h6,8-17H,7H2,1-5H3/b20-6-,22-21-. The van der Waals surface area contributed by atoms with Crippen LogP contribution in [0.5, 0.6) is 0 Å². The van der Waals surface area contributed by atoms with Crippen molar-refractivity contribution in [3.8, 4) is 0 Å². The molecule has 23 heavy (non-hydrogen) atoms. The Labute approximate surface area is 141 Å². The Hall–Kier alpha value is -2.08. The van der Waals surface area contributed by atoms with Gasteiger partial charge < -0.3 is 0 Å². The van der Waals surface area contributed by atoms with Crippen LogP contribution < -0.4 is 0 Å². The molecule has 0 aromatic heterocycles. The summed E-state index contributed by atoms with van der Waals surface area (Å²) in [6.07, 6.45) is 3.29. The summed E-state index contributed by atoms with van der Waals surface area (Å²) >= 11 is 0. The summed E-state index contributed by atoms with van der Waals surface area (Å²) in [5, 5.41) is 0. The molecule has 0 fully saturated rings. The van der Waals surface area contributed by atoms with Crippen molar-refractivity contribution in [3.05, 3.63) is 83.4 Å². The molecule has 0 aliphatic carbocycles. The van der Waals surface area contributed by atoms with Gasteiger partial charge in [-0.25, -0.2) is 0 Å². The van der Waals surface area contributed by atoms with Crippen molar-refractivity contribution in [2.45, 2.75) is 41.0 Å². The number of benzene rings is 2. The van der Waals surface area contributed by atoms with Crippen LogP contribution in [0.15, 0.2) is 72.3 Å². The van der Waals surface area contributed by atoms with E-state index in [-0.39, 0.29) is 5.41 Å². The van der Waals surface area contributed by atoms with Gasteiger partial charge >= 0.3 is 0 Å². The first-order chi connectivity index (χ1) is 11.0. The van der Waals surface area contributed by atoms with Gasteiger partial charge in [-0.2, -0.15) is 0 Å². The molecule has 0 saturated carbocycles. The van der Waals surface area contributed by atoms with Crippen LogP contribution >= 0.6 is 0 Å². The van der Waals surface area contributed by atoms with E-state index in [4.69, 9.17) is 0 Å². The molecule has 0 heteroatoms. The zero-order valence-electron chi connectivity index (χ0n) is 15.1. The molecule has 0 amide bonds. The van der Waals surface area contributed by atoms with Crippen molar-refractivity contribution in [2.24, 2.45) is 5.41 Å². The maximum atomic E-state index is 2.31. The van der Waals surface area contributed by atoms with E-state index >= 15 is 0 Å². The van der Waals surface area contributed by atoms with Crippen LogP contribution in [0.25, 0.3) is 11.1 Å². The SMILES string of the molecule is C/C=C(\C(=C(/CC)c1ccccc1)C(C)(C)C)c1ccccc1. The zero-order valence-corrected chi connectivity index (χ0v) is 15.1. The third kappa shape index (κ3) is 4.01. The average molecular weight is 304 g/mol. The Morgan fingerprint density at radius 2 is 1.30 bits per heavy atom. The molecule has 0 aliphatic heterocycles. The lowest BCUT2D eigenvalue weighted by atomic mass is 9.75. The largest absolute Gasteiger partial charge is 0.0795 e. The van der Waals surface area contributed by atoms with E-state index in [1.807, 2.05) is 0 Å². The number of allylic oxidation sites excluding steroid dienone is 4. The molecular formula is C23H28. The van der Waals surface area contributed by atoms with E-state index in [2.05, 4.69) is 101 Å². The minimum absolute atomic E-state index is 0.0822. The molecule has 0 radical (unpaired) electrons. The lowest BCUT2D eigenvalue weighted by Gasteiger charge is -2.30. The van der Waals surface area contributed by atoms with Crippen LogP contribution in [0.2, 0.25) is 0 Å². The van der Waals surface area contributed by atoms with Gasteiger partial charge in [-0.05, 0) is 46.6 Å². The molecule has 0 aliphatic rings. The lowest BCUT2D eigenvalue weighted by molar-refractivity contribution is 0.521. The number of rotatable bonds is 4. The highest BCUT2D eigenvalue weighted by molar-refractivity contribution is 5.90. The molecular weight excluding hydrogens is 276 g/mol. The predicted molar refractivity (Wildman–Crippen MR) is 103 cm³/mol. The Kier molecular flexibility index (Phi) is 5.60. The van der Waals surface area contributed by atoms with Gasteiger partial charge in [0.2, 0.25) is 0 Å². The van der Waals surface area contributed by atoms with Crippen molar-refractivity contribution < 1.29 is 0 Å². The molecule has 120 valence electrons. The first-order valence-corrected chi connectivity index (χ1v) is 8.50. The summed E-state index contributed by atoms with van der Waals surface area (Å²) in [7, 11) is 0. The number of hydrogen-bond donors (Lipinski definition) is 0. The molecule has 2 aromatic carbocycles. The molecule has 0 spiro atoms. The van der Waals surface area contributed by atoms with Gasteiger partial charge in [0.25, 0.3) is 0 Å². The first-order valence-electron chi connectivity index (χ1n) is 8.50. The predicted octanol–water partition coefficient (Wildman–Crippen LogP) is 7.00. The van der Waals surface area contributed by atoms with Crippen molar-refractivity contribution in [2.75, 3.05) is 0 Å². The van der Waals surface area contributed by atoms with Gasteiger partial charge in [0.05, 0.1) is 0 Å². The van der Waals surface area contributed by atoms with Gasteiger partial charge in [-0.1, -0.05) is 94.4 Å². The fraction of sp³-hybridized carbons (Fsp3) is 0.304. The minimum Gasteiger partial charge on any atom is -0.0795 e. The maximum Gasteiger partial charge on any atom is -0.0123 e. The van der Waals surface area contributed by atoms with Gasteiger partial charge in [0, 0.05) is 0 Å². The fourth-order valence-electron chi connectivity index (χ4n) is 3.26. The Morgan fingerprint density at radius 3 is 1.70 bits per heavy atom. The highest BCUT2D eigenvalue weighted by Crippen LogP contribution is 2.42. The molecule has 2 aromatic rings. The molecule has 0 saturated heterocycles. The molecule has 2 rings (SSSR count). The molecule has 0 N–H and O–H groups in total. The molecule has 0 heterocycles. The summed E-state index contributed by atoms with van der Waals surface area (Å²) in [4.78, 5) is 0. The second kappa shape index (κ2) is 7.46. The van der Waals surface area contributed by atoms with Gasteiger partial charge in [-0.15, -0.1) is 0 Å². The third-order valence-corrected chi connectivity index (χ3v) is 4.17. The van der Waals surface area contributed by atoms with Crippen LogP contribution in [-0.2, 0) is 0 Å². The Balaban J connectivity index is 2.73. The van der Waals surface area contributed by atoms with E-state index in [1.54, 1.807) is 0 Å². The highest BCUT2D eigenvalue weighted by Gasteiger charge is 2.25. The average Bonchev–Trinajstić information content (AvgIpc) is 2.56. The van der Waals surface area contributed by atoms with Gasteiger partial charge in [-0.3, -0.25) is 0 Å². The smallest absolute Gasteiger partial charge is 0.0123 e. The highest BCUT2D eigenvalue weighted by atomic mass is 14.3. The van der Waals surface area contributed by atoms with Crippen molar-refractivity contribution in [1.29, 1.82) is 0 Å². The fourth-order valence-corrected chi connectivity index (χ4v) is 3.26. The van der Waals surface area contributed by atoms with Crippen LogP contribution in [0, 0.1) is 5.41 Å². The van der Waals surface area contributed by atoms with E-state index in [9.17, 15) is 0 Å². The topological polar surface area (TPSA) is 0 Å². The molecule has 0 nitrogen and oxygen atoms in total. The summed E-state index contributed by atoms with van der Waals surface area (Å²) in [6.45, 7) is 11.3. The first kappa shape index (κ1) is 17.3.